The first-order valence-electron chi connectivity index (χ1n) is 12.1. The quantitative estimate of drug-likeness (QED) is 0.344. The van der Waals surface area contributed by atoms with Gasteiger partial charge in [0.2, 0.25) is 5.82 Å². The predicted octanol–water partition coefficient (Wildman–Crippen LogP) is 5.72. The third-order valence-corrected chi connectivity index (χ3v) is 7.01. The van der Waals surface area contributed by atoms with Crippen LogP contribution in [0.15, 0.2) is 53.5 Å². The van der Waals surface area contributed by atoms with Gasteiger partial charge in [-0.2, -0.15) is 0 Å². The lowest BCUT2D eigenvalue weighted by Gasteiger charge is -2.32. The first-order chi connectivity index (χ1) is 17.8. The number of amides is 1. The van der Waals surface area contributed by atoms with Crippen LogP contribution in [0.4, 0.5) is 20.3 Å². The number of carbonyl (C=O) groups excluding carboxylic acids is 1. The van der Waals surface area contributed by atoms with Crippen LogP contribution in [0.2, 0.25) is 0 Å². The second-order valence-electron chi connectivity index (χ2n) is 10.5. The van der Waals surface area contributed by atoms with Crippen molar-refractivity contribution in [3.05, 3.63) is 87.5 Å². The molecule has 2 heterocycles. The third-order valence-electron chi connectivity index (χ3n) is 7.01. The minimum absolute atomic E-state index is 0. The lowest BCUT2D eigenvalue weighted by Crippen LogP contribution is -2.41. The molecule has 1 aromatic heterocycles. The summed E-state index contributed by atoms with van der Waals surface area (Å²) in [6, 6.07) is 8.96. The largest absolute Gasteiger partial charge is 0.497 e. The highest BCUT2D eigenvalue weighted by Crippen LogP contribution is 2.37. The zero-order chi connectivity index (χ0) is 28.0. The number of nitrogens with one attached hydrogen (secondary N) is 1. The number of aromatic nitrogens is 1. The van der Waals surface area contributed by atoms with Crippen LogP contribution in [0.5, 0.6) is 0 Å². The highest BCUT2D eigenvalue weighted by Gasteiger charge is 2.52. The molecule has 1 saturated heterocycles. The van der Waals surface area contributed by atoms with Crippen LogP contribution in [-0.2, 0) is 9.31 Å². The van der Waals surface area contributed by atoms with Gasteiger partial charge in [0.05, 0.1) is 29.0 Å². The van der Waals surface area contributed by atoms with E-state index >= 15 is 4.39 Å². The maximum Gasteiger partial charge on any atom is 0.497 e. The fourth-order valence-corrected chi connectivity index (χ4v) is 4.13. The second kappa shape index (κ2) is 9.82. The summed E-state index contributed by atoms with van der Waals surface area (Å²) in [6.45, 7) is 18.7. The molecule has 1 fully saturated rings. The molecule has 7 nitrogen and oxygen atoms in total. The molecule has 2 aromatic carbocycles. The molecule has 0 spiro atoms. The van der Waals surface area contributed by atoms with Crippen LogP contribution in [0, 0.1) is 18.2 Å². The van der Waals surface area contributed by atoms with E-state index in [0.717, 1.165) is 6.07 Å². The van der Waals surface area contributed by atoms with E-state index in [2.05, 4.69) is 10.2 Å². The molecule has 0 radical (unpaired) electrons. The number of benzene rings is 2. The Morgan fingerprint density at radius 3 is 2.21 bits per heavy atom. The molecule has 1 N–H and O–H groups in total. The van der Waals surface area contributed by atoms with E-state index in [1.165, 1.54) is 47.2 Å². The Hall–Kier alpha value is -3.81. The van der Waals surface area contributed by atoms with Gasteiger partial charge in [-0.05, 0) is 71.4 Å². The molecule has 1 amide bonds. The molecule has 10 heteroatoms. The van der Waals surface area contributed by atoms with Crippen LogP contribution < -0.4 is 16.2 Å². The van der Waals surface area contributed by atoms with E-state index in [1.54, 1.807) is 13.8 Å². The van der Waals surface area contributed by atoms with Crippen LogP contribution in [0.25, 0.3) is 16.0 Å². The van der Waals surface area contributed by atoms with Gasteiger partial charge in [-0.15, -0.1) is 0 Å². The Morgan fingerprint density at radius 1 is 1.08 bits per heavy atom. The summed E-state index contributed by atoms with van der Waals surface area (Å²) in [5.41, 5.74) is -1.61. The standard InChI is InChI=1S/C28H28BF2N3O4.H2/c1-16(2)34-15-20(24(35)23(25(34)32-7)17-8-10-18(30)11-9-17)26(36)33-19-12-13-21(22(31)14-19)29-37-27(3,4)28(5,6)38-29;/h8-16H,1-6H3,(H,33,36);1H. The van der Waals surface area contributed by atoms with E-state index in [1.807, 2.05) is 27.7 Å². The van der Waals surface area contributed by atoms with Gasteiger partial charge in [-0.3, -0.25) is 14.2 Å². The molecule has 38 heavy (non-hydrogen) atoms. The topological polar surface area (TPSA) is 73.9 Å². The molecule has 0 atom stereocenters. The number of carbonyl (C=O) groups is 1. The van der Waals surface area contributed by atoms with Gasteiger partial charge in [-0.1, -0.05) is 24.8 Å². The van der Waals surface area contributed by atoms with E-state index in [4.69, 9.17) is 15.9 Å². The molecule has 0 unspecified atom stereocenters. The van der Waals surface area contributed by atoms with Crippen molar-refractivity contribution < 1.29 is 24.3 Å². The molecule has 1 aliphatic rings. The highest BCUT2D eigenvalue weighted by atomic mass is 19.1. The molecular formula is C28H30BF2N3O4. The van der Waals surface area contributed by atoms with Gasteiger partial charge in [-0.25, -0.2) is 8.78 Å². The van der Waals surface area contributed by atoms with Crippen LogP contribution >= 0.6 is 0 Å². The summed E-state index contributed by atoms with van der Waals surface area (Å²) in [5.74, 6) is -1.88. The van der Waals surface area contributed by atoms with Gasteiger partial charge >= 0.3 is 7.12 Å². The average Bonchev–Trinajstić information content (AvgIpc) is 3.05. The molecule has 4 rings (SSSR count). The number of nitrogens with zero attached hydrogens (tertiary/aromatic N) is 2. The first-order valence-corrected chi connectivity index (χ1v) is 12.1. The summed E-state index contributed by atoms with van der Waals surface area (Å²) in [7, 11) is -0.914. The van der Waals surface area contributed by atoms with E-state index in [-0.39, 0.29) is 35.6 Å². The van der Waals surface area contributed by atoms with Crippen molar-refractivity contribution in [1.29, 1.82) is 0 Å². The van der Waals surface area contributed by atoms with Gasteiger partial charge in [0, 0.05) is 12.6 Å². The number of rotatable bonds is 5. The Bertz CT molecular complexity index is 1500. The monoisotopic (exact) mass is 521 g/mol. The van der Waals surface area contributed by atoms with Gasteiger partial charge in [0.15, 0.2) is 5.43 Å². The van der Waals surface area contributed by atoms with Crippen molar-refractivity contribution in [1.82, 2.24) is 4.57 Å². The van der Waals surface area contributed by atoms with Crippen molar-refractivity contribution in [2.24, 2.45) is 0 Å². The van der Waals surface area contributed by atoms with E-state index in [0.29, 0.717) is 5.56 Å². The average molecular weight is 521 g/mol. The number of anilines is 1. The summed E-state index contributed by atoms with van der Waals surface area (Å²) >= 11 is 0. The fraction of sp³-hybridized carbons (Fsp3) is 0.321. The van der Waals surface area contributed by atoms with Crippen LogP contribution in [0.3, 0.4) is 0 Å². The van der Waals surface area contributed by atoms with Crippen molar-refractivity contribution in [3.8, 4) is 11.1 Å². The third kappa shape index (κ3) is 4.87. The molecule has 1 aliphatic heterocycles. The molecule has 198 valence electrons. The maximum atomic E-state index is 15.1. The summed E-state index contributed by atoms with van der Waals surface area (Å²) < 4.78 is 42.0. The molecule has 0 aliphatic carbocycles. The summed E-state index contributed by atoms with van der Waals surface area (Å²) in [5, 5.41) is 2.57. The Labute approximate surface area is 221 Å². The number of pyridine rings is 1. The van der Waals surface area contributed by atoms with Crippen molar-refractivity contribution >= 4 is 30.0 Å². The minimum atomic E-state index is -0.914. The van der Waals surface area contributed by atoms with Gasteiger partial charge in [0.1, 0.15) is 17.2 Å². The van der Waals surface area contributed by atoms with Crippen LogP contribution in [0.1, 0.15) is 59.4 Å². The highest BCUT2D eigenvalue weighted by molar-refractivity contribution is 6.62. The lowest BCUT2D eigenvalue weighted by molar-refractivity contribution is 0.00578. The van der Waals surface area contributed by atoms with Crippen molar-refractivity contribution in [3.63, 3.8) is 0 Å². The molecule has 0 bridgehead atoms. The van der Waals surface area contributed by atoms with Crippen LogP contribution in [-0.4, -0.2) is 28.8 Å². The number of hydrogen-bond acceptors (Lipinski definition) is 4. The smallest absolute Gasteiger partial charge is 0.399 e. The van der Waals surface area contributed by atoms with E-state index in [9.17, 15) is 14.0 Å². The van der Waals surface area contributed by atoms with E-state index < -0.39 is 41.3 Å². The van der Waals surface area contributed by atoms with Crippen molar-refractivity contribution in [2.45, 2.75) is 58.8 Å². The summed E-state index contributed by atoms with van der Waals surface area (Å²) in [6.07, 6.45) is 1.32. The summed E-state index contributed by atoms with van der Waals surface area (Å²) in [4.78, 5) is 30.2. The normalized spacial score (nSPS) is 15.9. The number of hydrogen-bond donors (Lipinski definition) is 1. The first kappa shape index (κ1) is 27.2. The Morgan fingerprint density at radius 2 is 1.68 bits per heavy atom. The molecule has 0 saturated carbocycles. The lowest BCUT2D eigenvalue weighted by atomic mass is 9.78. The van der Waals surface area contributed by atoms with Crippen molar-refractivity contribution in [2.75, 3.05) is 5.32 Å². The zero-order valence-corrected chi connectivity index (χ0v) is 22.1. The SMILES string of the molecule is [C-]#[N+]c1c(-c2ccc(F)cc2)c(=O)c(C(=O)Nc2ccc(B3OC(C)(C)C(C)(C)O3)c(F)c2)cn1C(C)C.[HH]. The Kier molecular flexibility index (Phi) is 7.04. The van der Waals surface area contributed by atoms with Gasteiger partial charge in [0.25, 0.3) is 5.91 Å². The molecule has 3 aromatic rings. The second-order valence-corrected chi connectivity index (χ2v) is 10.5. The predicted molar refractivity (Wildman–Crippen MR) is 145 cm³/mol. The maximum absolute atomic E-state index is 15.1. The minimum Gasteiger partial charge on any atom is -0.399 e. The number of halogens is 2. The fourth-order valence-electron chi connectivity index (χ4n) is 4.13. The Balaban J connectivity index is 0.00000420. The van der Waals surface area contributed by atoms with Gasteiger partial charge < -0.3 is 19.5 Å². The zero-order valence-electron chi connectivity index (χ0n) is 22.1. The molecular weight excluding hydrogens is 491 g/mol.